The average Bonchev–Trinajstić information content (AvgIpc) is 2.39. The number of hydrogen-bond donors (Lipinski definition) is 1. The summed E-state index contributed by atoms with van der Waals surface area (Å²) in [6, 6.07) is 5.42. The van der Waals surface area contributed by atoms with Gasteiger partial charge in [0.05, 0.1) is 13.2 Å². The Morgan fingerprint density at radius 3 is 2.94 bits per heavy atom. The molecule has 0 unspecified atom stereocenters. The molecular weight excluding hydrogens is 219 g/mol. The third-order valence-corrected chi connectivity index (χ3v) is 3.61. The van der Waals surface area contributed by atoms with Crippen molar-refractivity contribution in [2.75, 3.05) is 32.8 Å². The highest BCUT2D eigenvalue weighted by atomic mass is 19.1. The molecule has 1 N–H and O–H groups in total. The maximum absolute atomic E-state index is 13.4. The van der Waals surface area contributed by atoms with Gasteiger partial charge in [0.15, 0.2) is 0 Å². The van der Waals surface area contributed by atoms with E-state index in [4.69, 9.17) is 4.74 Å². The number of nitrogens with one attached hydrogen (secondary N) is 1. The van der Waals surface area contributed by atoms with Crippen molar-refractivity contribution in [1.82, 2.24) is 10.2 Å². The predicted octanol–water partition coefficient (Wildman–Crippen LogP) is 1.30. The van der Waals surface area contributed by atoms with Crippen LogP contribution in [0.4, 0.5) is 4.39 Å². The summed E-state index contributed by atoms with van der Waals surface area (Å²) < 4.78 is 18.7. The highest BCUT2D eigenvalue weighted by Crippen LogP contribution is 2.28. The van der Waals surface area contributed by atoms with Crippen LogP contribution in [0.25, 0.3) is 0 Å². The molecule has 1 aromatic rings. The Bertz CT molecular complexity index is 404. The van der Waals surface area contributed by atoms with Crippen LogP contribution in [-0.2, 0) is 11.3 Å². The fourth-order valence-electron chi connectivity index (χ4n) is 2.71. The van der Waals surface area contributed by atoms with Gasteiger partial charge in [-0.2, -0.15) is 0 Å². The van der Waals surface area contributed by atoms with Crippen LogP contribution in [-0.4, -0.2) is 37.7 Å². The van der Waals surface area contributed by atoms with Gasteiger partial charge in [-0.05, 0) is 23.3 Å². The standard InChI is InChI=1S/C13H17FN2O/c14-11-2-1-10-8-15-9-13(12(10)7-11)16-3-5-17-6-4-16/h1-2,7,13,15H,3-6,8-9H2/t13-/m1/s1. The minimum atomic E-state index is -0.135. The lowest BCUT2D eigenvalue weighted by molar-refractivity contribution is 0.0145. The van der Waals surface area contributed by atoms with Gasteiger partial charge >= 0.3 is 0 Å². The zero-order chi connectivity index (χ0) is 11.7. The second-order valence-electron chi connectivity index (χ2n) is 4.64. The fraction of sp³-hybridized carbons (Fsp3) is 0.538. The SMILES string of the molecule is Fc1ccc2c(c1)[C@H](N1CCOCC1)CNC2. The number of ether oxygens (including phenoxy) is 1. The topological polar surface area (TPSA) is 24.5 Å². The molecular formula is C13H17FN2O. The van der Waals surface area contributed by atoms with Gasteiger partial charge in [0, 0.05) is 32.2 Å². The molecule has 17 heavy (non-hydrogen) atoms. The maximum atomic E-state index is 13.4. The molecule has 2 heterocycles. The minimum absolute atomic E-state index is 0.135. The summed E-state index contributed by atoms with van der Waals surface area (Å²) >= 11 is 0. The largest absolute Gasteiger partial charge is 0.379 e. The number of benzene rings is 1. The average molecular weight is 236 g/mol. The normalized spacial score (nSPS) is 25.6. The Hall–Kier alpha value is -0.970. The molecule has 1 saturated heterocycles. The van der Waals surface area contributed by atoms with Crippen molar-refractivity contribution in [2.45, 2.75) is 12.6 Å². The molecule has 3 nitrogen and oxygen atoms in total. The molecule has 1 atom stereocenters. The van der Waals surface area contributed by atoms with E-state index in [1.54, 1.807) is 12.1 Å². The van der Waals surface area contributed by atoms with E-state index in [0.717, 1.165) is 45.0 Å². The van der Waals surface area contributed by atoms with Gasteiger partial charge in [-0.1, -0.05) is 6.07 Å². The number of halogens is 1. The third-order valence-electron chi connectivity index (χ3n) is 3.61. The lowest BCUT2D eigenvalue weighted by Crippen LogP contribution is -2.45. The Kier molecular flexibility index (Phi) is 3.09. The fourth-order valence-corrected chi connectivity index (χ4v) is 2.71. The summed E-state index contributed by atoms with van der Waals surface area (Å²) in [5, 5.41) is 3.40. The van der Waals surface area contributed by atoms with Crippen molar-refractivity contribution in [3.8, 4) is 0 Å². The maximum Gasteiger partial charge on any atom is 0.123 e. The Balaban J connectivity index is 1.89. The summed E-state index contributed by atoms with van der Waals surface area (Å²) in [5.41, 5.74) is 2.36. The van der Waals surface area contributed by atoms with Crippen molar-refractivity contribution in [1.29, 1.82) is 0 Å². The first kappa shape index (κ1) is 11.1. The molecule has 4 heteroatoms. The first-order chi connectivity index (χ1) is 8.34. The monoisotopic (exact) mass is 236 g/mol. The van der Waals surface area contributed by atoms with Crippen molar-refractivity contribution in [3.63, 3.8) is 0 Å². The van der Waals surface area contributed by atoms with Crippen LogP contribution < -0.4 is 5.32 Å². The van der Waals surface area contributed by atoms with E-state index >= 15 is 0 Å². The van der Waals surface area contributed by atoms with E-state index in [2.05, 4.69) is 10.2 Å². The van der Waals surface area contributed by atoms with Crippen LogP contribution in [0.15, 0.2) is 18.2 Å². The van der Waals surface area contributed by atoms with Crippen molar-refractivity contribution in [2.24, 2.45) is 0 Å². The summed E-state index contributed by atoms with van der Waals surface area (Å²) in [5.74, 6) is -0.135. The van der Waals surface area contributed by atoms with E-state index in [0.29, 0.717) is 6.04 Å². The summed E-state index contributed by atoms with van der Waals surface area (Å²) in [6.45, 7) is 5.17. The van der Waals surface area contributed by atoms with Gasteiger partial charge in [0.2, 0.25) is 0 Å². The predicted molar refractivity (Wildman–Crippen MR) is 63.2 cm³/mol. The number of nitrogens with zero attached hydrogens (tertiary/aromatic N) is 1. The number of fused-ring (bicyclic) bond motifs is 1. The Labute approximate surface area is 101 Å². The number of rotatable bonds is 1. The van der Waals surface area contributed by atoms with Crippen LogP contribution in [0.3, 0.4) is 0 Å². The van der Waals surface area contributed by atoms with Gasteiger partial charge in [-0.15, -0.1) is 0 Å². The minimum Gasteiger partial charge on any atom is -0.379 e. The van der Waals surface area contributed by atoms with Gasteiger partial charge in [-0.25, -0.2) is 4.39 Å². The van der Waals surface area contributed by atoms with Crippen molar-refractivity contribution < 1.29 is 9.13 Å². The van der Waals surface area contributed by atoms with E-state index in [1.807, 2.05) is 6.07 Å². The molecule has 0 aromatic heterocycles. The Morgan fingerprint density at radius 1 is 1.29 bits per heavy atom. The van der Waals surface area contributed by atoms with Gasteiger partial charge in [-0.3, -0.25) is 4.90 Å². The number of hydrogen-bond acceptors (Lipinski definition) is 3. The van der Waals surface area contributed by atoms with Crippen LogP contribution in [0, 0.1) is 5.82 Å². The van der Waals surface area contributed by atoms with E-state index in [-0.39, 0.29) is 5.82 Å². The second kappa shape index (κ2) is 4.72. The summed E-state index contributed by atoms with van der Waals surface area (Å²) in [7, 11) is 0. The number of morpholine rings is 1. The van der Waals surface area contributed by atoms with Gasteiger partial charge in [0.25, 0.3) is 0 Å². The first-order valence-corrected chi connectivity index (χ1v) is 6.15. The van der Waals surface area contributed by atoms with E-state index in [1.165, 1.54) is 5.56 Å². The second-order valence-corrected chi connectivity index (χ2v) is 4.64. The molecule has 2 aliphatic rings. The molecule has 0 bridgehead atoms. The van der Waals surface area contributed by atoms with Crippen LogP contribution in [0.5, 0.6) is 0 Å². The first-order valence-electron chi connectivity index (χ1n) is 6.15. The molecule has 0 aliphatic carbocycles. The molecule has 1 fully saturated rings. The Morgan fingerprint density at radius 2 is 2.12 bits per heavy atom. The van der Waals surface area contributed by atoms with Crippen LogP contribution >= 0.6 is 0 Å². The zero-order valence-corrected chi connectivity index (χ0v) is 9.79. The van der Waals surface area contributed by atoms with E-state index < -0.39 is 0 Å². The van der Waals surface area contributed by atoms with E-state index in [9.17, 15) is 4.39 Å². The molecule has 3 rings (SSSR count). The van der Waals surface area contributed by atoms with Crippen LogP contribution in [0.1, 0.15) is 17.2 Å². The molecule has 1 aromatic carbocycles. The molecule has 0 saturated carbocycles. The smallest absolute Gasteiger partial charge is 0.123 e. The summed E-state index contributed by atoms with van der Waals surface area (Å²) in [6.07, 6.45) is 0. The molecule has 0 radical (unpaired) electrons. The highest BCUT2D eigenvalue weighted by Gasteiger charge is 2.27. The van der Waals surface area contributed by atoms with Gasteiger partial charge < -0.3 is 10.1 Å². The van der Waals surface area contributed by atoms with Crippen molar-refractivity contribution >= 4 is 0 Å². The summed E-state index contributed by atoms with van der Waals surface area (Å²) in [4.78, 5) is 2.38. The molecule has 2 aliphatic heterocycles. The lowest BCUT2D eigenvalue weighted by Gasteiger charge is -2.38. The van der Waals surface area contributed by atoms with Crippen LogP contribution in [0.2, 0.25) is 0 Å². The third kappa shape index (κ3) is 2.20. The van der Waals surface area contributed by atoms with Gasteiger partial charge in [0.1, 0.15) is 5.82 Å². The highest BCUT2D eigenvalue weighted by molar-refractivity contribution is 5.33. The molecule has 0 spiro atoms. The molecule has 0 amide bonds. The zero-order valence-electron chi connectivity index (χ0n) is 9.79. The molecule has 92 valence electrons. The van der Waals surface area contributed by atoms with Crippen molar-refractivity contribution in [3.05, 3.63) is 35.1 Å². The quantitative estimate of drug-likeness (QED) is 0.795. The lowest BCUT2D eigenvalue weighted by atomic mass is 9.95.